The molecule has 0 radical (unpaired) electrons. The summed E-state index contributed by atoms with van der Waals surface area (Å²) >= 11 is 12.0. The Balaban J connectivity index is 2.05. The Hall–Kier alpha value is -0.510. The van der Waals surface area contributed by atoms with Crippen molar-refractivity contribution in [3.8, 4) is 0 Å². The highest BCUT2D eigenvalue weighted by Crippen LogP contribution is 2.27. The van der Waals surface area contributed by atoms with Crippen LogP contribution in [0.25, 0.3) is 0 Å². The lowest BCUT2D eigenvalue weighted by atomic mass is 10.0. The van der Waals surface area contributed by atoms with E-state index in [-0.39, 0.29) is 0 Å². The Kier molecular flexibility index (Phi) is 4.71. The zero-order valence-electron chi connectivity index (χ0n) is 10.9. The molecule has 1 aromatic heterocycles. The van der Waals surface area contributed by atoms with Crippen LogP contribution in [0.2, 0.25) is 5.02 Å². The summed E-state index contributed by atoms with van der Waals surface area (Å²) in [6.07, 6.45) is 4.12. The van der Waals surface area contributed by atoms with Crippen LogP contribution in [0.5, 0.6) is 0 Å². The molecule has 5 heteroatoms. The van der Waals surface area contributed by atoms with Gasteiger partial charge in [-0.3, -0.25) is 0 Å². The van der Waals surface area contributed by atoms with Gasteiger partial charge in [-0.15, -0.1) is 11.6 Å². The molecule has 2 rings (SSSR count). The van der Waals surface area contributed by atoms with E-state index >= 15 is 0 Å². The first-order chi connectivity index (χ1) is 8.61. The van der Waals surface area contributed by atoms with Crippen LogP contribution in [0.1, 0.15) is 18.4 Å². The number of pyridine rings is 1. The van der Waals surface area contributed by atoms with Crippen molar-refractivity contribution in [3.05, 3.63) is 22.8 Å². The minimum absolute atomic E-state index is 0.454. The average Bonchev–Trinajstić information content (AvgIpc) is 2.38. The van der Waals surface area contributed by atoms with Crippen LogP contribution in [0.4, 0.5) is 5.82 Å². The molecule has 0 spiro atoms. The monoisotopic (exact) mass is 287 g/mol. The van der Waals surface area contributed by atoms with Crippen LogP contribution in [0, 0.1) is 0 Å². The van der Waals surface area contributed by atoms with Gasteiger partial charge in [0.2, 0.25) is 0 Å². The normalized spacial score (nSPS) is 17.5. The number of rotatable bonds is 3. The first-order valence-electron chi connectivity index (χ1n) is 6.23. The summed E-state index contributed by atoms with van der Waals surface area (Å²) in [5.74, 6) is 1.35. The maximum Gasteiger partial charge on any atom is 0.147 e. The molecular formula is C13H19Cl2N3. The van der Waals surface area contributed by atoms with E-state index in [4.69, 9.17) is 23.2 Å². The smallest absolute Gasteiger partial charge is 0.147 e. The van der Waals surface area contributed by atoms with Crippen molar-refractivity contribution < 1.29 is 0 Å². The fraction of sp³-hybridized carbons (Fsp3) is 0.615. The van der Waals surface area contributed by atoms with Gasteiger partial charge in [0.05, 0.1) is 5.02 Å². The van der Waals surface area contributed by atoms with Gasteiger partial charge in [0, 0.05) is 31.2 Å². The van der Waals surface area contributed by atoms with Crippen molar-refractivity contribution in [1.29, 1.82) is 0 Å². The third-order valence-corrected chi connectivity index (χ3v) is 4.11. The van der Waals surface area contributed by atoms with E-state index in [1.165, 1.54) is 0 Å². The van der Waals surface area contributed by atoms with Crippen molar-refractivity contribution in [2.45, 2.75) is 24.8 Å². The van der Waals surface area contributed by atoms with E-state index in [9.17, 15) is 0 Å². The molecule has 0 atom stereocenters. The van der Waals surface area contributed by atoms with E-state index in [0.29, 0.717) is 16.9 Å². The molecule has 0 aliphatic carbocycles. The summed E-state index contributed by atoms with van der Waals surface area (Å²) in [4.78, 5) is 9.00. The second kappa shape index (κ2) is 6.09. The maximum atomic E-state index is 6.27. The lowest BCUT2D eigenvalue weighted by Crippen LogP contribution is -2.42. The van der Waals surface area contributed by atoms with E-state index in [0.717, 1.165) is 37.3 Å². The van der Waals surface area contributed by atoms with Gasteiger partial charge < -0.3 is 9.80 Å². The van der Waals surface area contributed by atoms with Crippen molar-refractivity contribution in [2.75, 3.05) is 32.1 Å². The molecular weight excluding hydrogens is 269 g/mol. The third kappa shape index (κ3) is 3.08. The van der Waals surface area contributed by atoms with E-state index in [1.54, 1.807) is 0 Å². The molecule has 0 unspecified atom stereocenters. The Bertz CT molecular complexity index is 401. The lowest BCUT2D eigenvalue weighted by Gasteiger charge is -2.36. The molecule has 100 valence electrons. The van der Waals surface area contributed by atoms with Crippen molar-refractivity contribution in [1.82, 2.24) is 9.88 Å². The fourth-order valence-electron chi connectivity index (χ4n) is 2.37. The molecule has 1 fully saturated rings. The molecule has 2 heterocycles. The highest BCUT2D eigenvalue weighted by Gasteiger charge is 2.22. The molecule has 0 amide bonds. The molecule has 0 saturated carbocycles. The summed E-state index contributed by atoms with van der Waals surface area (Å²) in [5, 5.41) is 0.705. The van der Waals surface area contributed by atoms with Crippen LogP contribution in [0.3, 0.4) is 0 Å². The number of aromatic nitrogens is 1. The van der Waals surface area contributed by atoms with Crippen LogP contribution in [0.15, 0.2) is 12.3 Å². The fourth-order valence-corrected chi connectivity index (χ4v) is 2.82. The van der Waals surface area contributed by atoms with Crippen LogP contribution >= 0.6 is 23.2 Å². The maximum absolute atomic E-state index is 6.27. The molecule has 1 saturated heterocycles. The summed E-state index contributed by atoms with van der Waals surface area (Å²) < 4.78 is 0. The van der Waals surface area contributed by atoms with E-state index in [1.807, 2.05) is 12.3 Å². The molecule has 3 nitrogen and oxygen atoms in total. The largest absolute Gasteiger partial charge is 0.355 e. The van der Waals surface area contributed by atoms with E-state index < -0.39 is 0 Å². The zero-order chi connectivity index (χ0) is 13.1. The number of piperidine rings is 1. The molecule has 1 aliphatic rings. The average molecular weight is 288 g/mol. The van der Waals surface area contributed by atoms with Crippen molar-refractivity contribution in [2.24, 2.45) is 0 Å². The Morgan fingerprint density at radius 1 is 1.39 bits per heavy atom. The first-order valence-corrected chi connectivity index (χ1v) is 7.15. The lowest BCUT2D eigenvalue weighted by molar-refractivity contribution is 0.249. The second-order valence-corrected chi connectivity index (χ2v) is 5.64. The van der Waals surface area contributed by atoms with Crippen LogP contribution < -0.4 is 4.90 Å². The number of anilines is 1. The number of halogens is 2. The summed E-state index contributed by atoms with van der Waals surface area (Å²) in [6.45, 7) is 2.02. The number of hydrogen-bond acceptors (Lipinski definition) is 3. The first kappa shape index (κ1) is 13.9. The van der Waals surface area contributed by atoms with Gasteiger partial charge in [-0.05, 0) is 38.6 Å². The SMILES string of the molecule is CN(C)C1CCN(c2ncc(CCl)cc2Cl)CC1. The molecule has 18 heavy (non-hydrogen) atoms. The van der Waals surface area contributed by atoms with Gasteiger partial charge in [-0.2, -0.15) is 0 Å². The van der Waals surface area contributed by atoms with Crippen molar-refractivity contribution in [3.63, 3.8) is 0 Å². The van der Waals surface area contributed by atoms with Gasteiger partial charge in [0.15, 0.2) is 0 Å². The standard InChI is InChI=1S/C13H19Cl2N3/c1-17(2)11-3-5-18(6-4-11)13-12(15)7-10(8-14)9-16-13/h7,9,11H,3-6,8H2,1-2H3. The predicted molar refractivity (Wildman–Crippen MR) is 77.7 cm³/mol. The van der Waals surface area contributed by atoms with Crippen molar-refractivity contribution >= 4 is 29.0 Å². The van der Waals surface area contributed by atoms with E-state index in [2.05, 4.69) is 28.9 Å². The topological polar surface area (TPSA) is 19.4 Å². The molecule has 1 aliphatic heterocycles. The van der Waals surface area contributed by atoms with Crippen LogP contribution in [-0.2, 0) is 5.88 Å². The Morgan fingerprint density at radius 2 is 2.06 bits per heavy atom. The van der Waals surface area contributed by atoms with Gasteiger partial charge in [0.25, 0.3) is 0 Å². The van der Waals surface area contributed by atoms with Crippen LogP contribution in [-0.4, -0.2) is 43.1 Å². The minimum Gasteiger partial charge on any atom is -0.355 e. The second-order valence-electron chi connectivity index (χ2n) is 4.96. The number of nitrogens with zero attached hydrogens (tertiary/aromatic N) is 3. The van der Waals surface area contributed by atoms with Gasteiger partial charge in [0.1, 0.15) is 5.82 Å². The minimum atomic E-state index is 0.454. The predicted octanol–water partition coefficient (Wildman–Crippen LogP) is 3.00. The molecule has 0 N–H and O–H groups in total. The quantitative estimate of drug-likeness (QED) is 0.797. The van der Waals surface area contributed by atoms with Gasteiger partial charge in [-0.1, -0.05) is 11.6 Å². The van der Waals surface area contributed by atoms with Gasteiger partial charge >= 0.3 is 0 Å². The highest BCUT2D eigenvalue weighted by atomic mass is 35.5. The number of hydrogen-bond donors (Lipinski definition) is 0. The zero-order valence-corrected chi connectivity index (χ0v) is 12.4. The third-order valence-electron chi connectivity index (χ3n) is 3.53. The number of alkyl halides is 1. The van der Waals surface area contributed by atoms with Gasteiger partial charge in [-0.25, -0.2) is 4.98 Å². The highest BCUT2D eigenvalue weighted by molar-refractivity contribution is 6.33. The summed E-state index contributed by atoms with van der Waals surface area (Å²) in [7, 11) is 4.28. The summed E-state index contributed by atoms with van der Waals surface area (Å²) in [6, 6.07) is 2.58. The molecule has 1 aromatic rings. The summed E-state index contributed by atoms with van der Waals surface area (Å²) in [5.41, 5.74) is 0.966. The molecule has 0 bridgehead atoms. The Labute approximate surface area is 119 Å². The Morgan fingerprint density at radius 3 is 2.56 bits per heavy atom. The molecule has 0 aromatic carbocycles.